The van der Waals surface area contributed by atoms with Crippen LogP contribution in [0.3, 0.4) is 0 Å². The number of aliphatic hydroxyl groups is 1. The van der Waals surface area contributed by atoms with E-state index < -0.39 is 5.54 Å². The molecular formula is C12H18N4OS. The lowest BCUT2D eigenvalue weighted by Crippen LogP contribution is -2.42. The van der Waals surface area contributed by atoms with Gasteiger partial charge in [0.2, 0.25) is 0 Å². The van der Waals surface area contributed by atoms with Crippen LogP contribution in [-0.4, -0.2) is 37.1 Å². The molecule has 0 saturated carbocycles. The first kappa shape index (κ1) is 13.3. The van der Waals surface area contributed by atoms with Gasteiger partial charge in [0.25, 0.3) is 0 Å². The number of fused-ring (bicyclic) bond motifs is 1. The maximum atomic E-state index is 9.17. The number of hydrogen-bond donors (Lipinski definition) is 2. The minimum Gasteiger partial charge on any atom is -0.394 e. The summed E-state index contributed by atoms with van der Waals surface area (Å²) in [5.74, 6) is 0. The van der Waals surface area contributed by atoms with Crippen LogP contribution in [-0.2, 0) is 0 Å². The fourth-order valence-corrected chi connectivity index (χ4v) is 3.02. The molecule has 0 fully saturated rings. The third kappa shape index (κ3) is 3.01. The van der Waals surface area contributed by atoms with Crippen LogP contribution in [0.1, 0.15) is 20.3 Å². The summed E-state index contributed by atoms with van der Waals surface area (Å²) in [5.41, 5.74) is 6.24. The summed E-state index contributed by atoms with van der Waals surface area (Å²) < 4.78 is 1.95. The van der Waals surface area contributed by atoms with Crippen molar-refractivity contribution in [2.24, 2.45) is 5.73 Å². The van der Waals surface area contributed by atoms with Gasteiger partial charge in [-0.2, -0.15) is 0 Å². The highest BCUT2D eigenvalue weighted by atomic mass is 32.2. The summed E-state index contributed by atoms with van der Waals surface area (Å²) in [7, 11) is 0. The number of aromatic nitrogens is 3. The van der Waals surface area contributed by atoms with Gasteiger partial charge < -0.3 is 10.8 Å². The molecule has 6 heteroatoms. The molecule has 0 amide bonds. The molecule has 0 aliphatic rings. The van der Waals surface area contributed by atoms with E-state index in [-0.39, 0.29) is 11.9 Å². The first-order chi connectivity index (χ1) is 8.52. The average molecular weight is 266 g/mol. The molecule has 0 radical (unpaired) electrons. The quantitative estimate of drug-likeness (QED) is 0.798. The topological polar surface area (TPSA) is 76.4 Å². The summed E-state index contributed by atoms with van der Waals surface area (Å²) in [4.78, 5) is 0. The Hall–Kier alpha value is -1.11. The van der Waals surface area contributed by atoms with Crippen molar-refractivity contribution in [2.75, 3.05) is 6.61 Å². The standard InChI is InChI=1S/C12H18N4OS/c1-9(7-12(2,13)8-17)18-11-15-14-10-5-3-4-6-16(10)11/h3-6,9,17H,7-8,13H2,1-2H3. The summed E-state index contributed by atoms with van der Waals surface area (Å²) in [6.07, 6.45) is 2.66. The fraction of sp³-hybridized carbons (Fsp3) is 0.500. The SMILES string of the molecule is CC(CC(C)(N)CO)Sc1nnc2ccccn12. The first-order valence-electron chi connectivity index (χ1n) is 5.88. The Morgan fingerprint density at radius 1 is 1.50 bits per heavy atom. The second kappa shape index (κ2) is 5.26. The molecule has 98 valence electrons. The lowest BCUT2D eigenvalue weighted by atomic mass is 9.99. The number of rotatable bonds is 5. The predicted octanol–water partition coefficient (Wildman–Crippen LogP) is 1.31. The van der Waals surface area contributed by atoms with Crippen LogP contribution in [0, 0.1) is 0 Å². The molecule has 0 aliphatic carbocycles. The summed E-state index contributed by atoms with van der Waals surface area (Å²) in [6.45, 7) is 3.92. The number of nitrogens with zero attached hydrogens (tertiary/aromatic N) is 3. The highest BCUT2D eigenvalue weighted by molar-refractivity contribution is 7.99. The Kier molecular flexibility index (Phi) is 3.89. The van der Waals surface area contributed by atoms with Gasteiger partial charge in [-0.3, -0.25) is 4.40 Å². The van der Waals surface area contributed by atoms with Gasteiger partial charge in [0.15, 0.2) is 10.8 Å². The molecule has 3 N–H and O–H groups in total. The lowest BCUT2D eigenvalue weighted by molar-refractivity contribution is 0.201. The van der Waals surface area contributed by atoms with Crippen molar-refractivity contribution < 1.29 is 5.11 Å². The molecule has 2 atom stereocenters. The molecule has 2 aromatic heterocycles. The smallest absolute Gasteiger partial charge is 0.195 e. The van der Waals surface area contributed by atoms with Crippen molar-refractivity contribution in [2.45, 2.75) is 36.2 Å². The first-order valence-corrected chi connectivity index (χ1v) is 6.76. The van der Waals surface area contributed by atoms with Gasteiger partial charge in [-0.05, 0) is 25.5 Å². The molecule has 2 heterocycles. The van der Waals surface area contributed by atoms with Crippen molar-refractivity contribution in [1.82, 2.24) is 14.6 Å². The number of nitrogens with two attached hydrogens (primary N) is 1. The van der Waals surface area contributed by atoms with Gasteiger partial charge in [-0.1, -0.05) is 24.8 Å². The van der Waals surface area contributed by atoms with E-state index in [1.807, 2.05) is 35.7 Å². The van der Waals surface area contributed by atoms with Crippen LogP contribution in [0.5, 0.6) is 0 Å². The maximum absolute atomic E-state index is 9.17. The van der Waals surface area contributed by atoms with E-state index in [0.717, 1.165) is 17.2 Å². The summed E-state index contributed by atoms with van der Waals surface area (Å²) >= 11 is 1.62. The molecule has 2 aromatic rings. The van der Waals surface area contributed by atoms with E-state index in [4.69, 9.17) is 5.73 Å². The zero-order valence-corrected chi connectivity index (χ0v) is 11.4. The Balaban J connectivity index is 2.09. The van der Waals surface area contributed by atoms with Crippen LogP contribution < -0.4 is 5.73 Å². The Bertz CT molecular complexity index is 526. The van der Waals surface area contributed by atoms with Gasteiger partial charge in [-0.15, -0.1) is 10.2 Å². The highest BCUT2D eigenvalue weighted by Crippen LogP contribution is 2.26. The van der Waals surface area contributed by atoms with Crippen LogP contribution in [0.25, 0.3) is 5.65 Å². The fourth-order valence-electron chi connectivity index (χ4n) is 1.84. The predicted molar refractivity (Wildman–Crippen MR) is 72.6 cm³/mol. The average Bonchev–Trinajstić information content (AvgIpc) is 2.72. The van der Waals surface area contributed by atoms with E-state index >= 15 is 0 Å². The van der Waals surface area contributed by atoms with Crippen molar-refractivity contribution >= 4 is 17.4 Å². The molecule has 5 nitrogen and oxygen atoms in total. The van der Waals surface area contributed by atoms with E-state index in [2.05, 4.69) is 17.1 Å². The Morgan fingerprint density at radius 2 is 2.28 bits per heavy atom. The molecule has 0 spiro atoms. The largest absolute Gasteiger partial charge is 0.394 e. The lowest BCUT2D eigenvalue weighted by Gasteiger charge is -2.24. The van der Waals surface area contributed by atoms with Crippen molar-refractivity contribution in [3.63, 3.8) is 0 Å². The molecule has 18 heavy (non-hydrogen) atoms. The summed E-state index contributed by atoms with van der Waals surface area (Å²) in [5, 5.41) is 18.6. The van der Waals surface area contributed by atoms with E-state index in [1.54, 1.807) is 11.8 Å². The Labute approximate surface area is 110 Å². The third-order valence-corrected chi connectivity index (χ3v) is 3.76. The second-order valence-electron chi connectivity index (χ2n) is 4.86. The van der Waals surface area contributed by atoms with Gasteiger partial charge in [0.05, 0.1) is 6.61 Å². The van der Waals surface area contributed by atoms with Gasteiger partial charge in [0.1, 0.15) is 0 Å². The maximum Gasteiger partial charge on any atom is 0.195 e. The number of hydrogen-bond acceptors (Lipinski definition) is 5. The van der Waals surface area contributed by atoms with Gasteiger partial charge in [-0.25, -0.2) is 0 Å². The normalized spacial score (nSPS) is 16.7. The monoisotopic (exact) mass is 266 g/mol. The number of thioether (sulfide) groups is 1. The highest BCUT2D eigenvalue weighted by Gasteiger charge is 2.22. The molecule has 2 unspecified atom stereocenters. The number of pyridine rings is 1. The van der Waals surface area contributed by atoms with Gasteiger partial charge in [0, 0.05) is 17.0 Å². The second-order valence-corrected chi connectivity index (χ2v) is 6.26. The van der Waals surface area contributed by atoms with Crippen molar-refractivity contribution in [1.29, 1.82) is 0 Å². The zero-order chi connectivity index (χ0) is 13.2. The minimum atomic E-state index is -0.549. The molecule has 0 bridgehead atoms. The van der Waals surface area contributed by atoms with Crippen molar-refractivity contribution in [3.05, 3.63) is 24.4 Å². The van der Waals surface area contributed by atoms with Crippen LogP contribution in [0.15, 0.2) is 29.6 Å². The number of aliphatic hydroxyl groups excluding tert-OH is 1. The molecule has 0 saturated heterocycles. The summed E-state index contributed by atoms with van der Waals surface area (Å²) in [6, 6.07) is 5.80. The van der Waals surface area contributed by atoms with Crippen molar-refractivity contribution in [3.8, 4) is 0 Å². The van der Waals surface area contributed by atoms with Crippen LogP contribution in [0.4, 0.5) is 0 Å². The zero-order valence-electron chi connectivity index (χ0n) is 10.6. The minimum absolute atomic E-state index is 0.0154. The van der Waals surface area contributed by atoms with E-state index in [1.165, 1.54) is 0 Å². The molecular weight excluding hydrogens is 248 g/mol. The molecule has 2 rings (SSSR count). The van der Waals surface area contributed by atoms with Gasteiger partial charge >= 0.3 is 0 Å². The van der Waals surface area contributed by atoms with Crippen LogP contribution in [0.2, 0.25) is 0 Å². The third-order valence-electron chi connectivity index (χ3n) is 2.70. The van der Waals surface area contributed by atoms with E-state index in [0.29, 0.717) is 0 Å². The molecule has 0 aromatic carbocycles. The van der Waals surface area contributed by atoms with Crippen LogP contribution >= 0.6 is 11.8 Å². The van der Waals surface area contributed by atoms with E-state index in [9.17, 15) is 5.11 Å². The molecule has 0 aliphatic heterocycles. The Morgan fingerprint density at radius 3 is 3.00 bits per heavy atom.